The van der Waals surface area contributed by atoms with Crippen LogP contribution in [0, 0.1) is 0 Å². The average molecular weight is 205 g/mol. The average Bonchev–Trinajstić information content (AvgIpc) is 2.52. The number of rotatable bonds is 5. The van der Waals surface area contributed by atoms with Crippen LogP contribution in [0.4, 0.5) is 0 Å². The number of hydrogen-bond donors (Lipinski definition) is 3. The molecular formula is C6H11N3O3S. The van der Waals surface area contributed by atoms with Crippen molar-refractivity contribution < 1.29 is 13.5 Å². The number of H-pyrrole nitrogens is 1. The standard InChI is InChI=1S/C6H11N3O3S/c10-1-2-13(11,12)9-4-6-3-7-5-8-6/h3,5,9-10H,1-2,4H2,(H,7,8). The lowest BCUT2D eigenvalue weighted by Crippen LogP contribution is -2.27. The van der Waals surface area contributed by atoms with Gasteiger partial charge in [-0.3, -0.25) is 0 Å². The van der Waals surface area contributed by atoms with Gasteiger partial charge in [0.1, 0.15) is 0 Å². The van der Waals surface area contributed by atoms with Gasteiger partial charge in [-0.1, -0.05) is 0 Å². The Kier molecular flexibility index (Phi) is 3.40. The fraction of sp³-hybridized carbons (Fsp3) is 0.500. The minimum absolute atomic E-state index is 0.169. The number of aliphatic hydroxyl groups excluding tert-OH is 1. The second kappa shape index (κ2) is 4.35. The van der Waals surface area contributed by atoms with Crippen molar-refractivity contribution in [3.05, 3.63) is 18.2 Å². The van der Waals surface area contributed by atoms with E-state index < -0.39 is 10.0 Å². The Morgan fingerprint density at radius 1 is 1.62 bits per heavy atom. The molecular weight excluding hydrogens is 194 g/mol. The number of imidazole rings is 1. The van der Waals surface area contributed by atoms with Gasteiger partial charge in [0.05, 0.1) is 25.2 Å². The summed E-state index contributed by atoms with van der Waals surface area (Å²) in [5.74, 6) is -0.277. The maximum Gasteiger partial charge on any atom is 0.214 e. The SMILES string of the molecule is O=S(=O)(CCO)NCc1cnc[nH]1. The van der Waals surface area contributed by atoms with Crippen LogP contribution in [0.3, 0.4) is 0 Å². The topological polar surface area (TPSA) is 95.1 Å². The molecule has 0 aliphatic heterocycles. The summed E-state index contributed by atoms with van der Waals surface area (Å²) < 4.78 is 24.3. The van der Waals surface area contributed by atoms with Gasteiger partial charge in [0.15, 0.2) is 0 Å². The molecule has 0 unspecified atom stereocenters. The monoisotopic (exact) mass is 205 g/mol. The number of nitrogens with one attached hydrogen (secondary N) is 2. The van der Waals surface area contributed by atoms with Crippen molar-refractivity contribution >= 4 is 10.0 Å². The van der Waals surface area contributed by atoms with Crippen LogP contribution in [0.2, 0.25) is 0 Å². The zero-order valence-electron chi connectivity index (χ0n) is 6.90. The van der Waals surface area contributed by atoms with Crippen molar-refractivity contribution in [2.24, 2.45) is 0 Å². The zero-order valence-corrected chi connectivity index (χ0v) is 7.71. The van der Waals surface area contributed by atoms with Gasteiger partial charge in [-0.05, 0) is 0 Å². The van der Waals surface area contributed by atoms with Crippen molar-refractivity contribution in [1.82, 2.24) is 14.7 Å². The third kappa shape index (κ3) is 3.53. The molecule has 74 valence electrons. The normalized spacial score (nSPS) is 11.8. The highest BCUT2D eigenvalue weighted by atomic mass is 32.2. The Labute approximate surface area is 76.1 Å². The third-order valence-corrected chi connectivity index (χ3v) is 2.70. The molecule has 0 saturated heterocycles. The van der Waals surface area contributed by atoms with Crippen LogP contribution in [0.5, 0.6) is 0 Å². The van der Waals surface area contributed by atoms with Crippen LogP contribution in [0.25, 0.3) is 0 Å². The van der Waals surface area contributed by atoms with Gasteiger partial charge in [0, 0.05) is 11.9 Å². The summed E-state index contributed by atoms with van der Waals surface area (Å²) in [6.07, 6.45) is 3.00. The molecule has 13 heavy (non-hydrogen) atoms. The summed E-state index contributed by atoms with van der Waals surface area (Å²) >= 11 is 0. The highest BCUT2D eigenvalue weighted by Gasteiger charge is 2.08. The van der Waals surface area contributed by atoms with Crippen LogP contribution in [0.15, 0.2) is 12.5 Å². The quantitative estimate of drug-likeness (QED) is 0.564. The number of aliphatic hydroxyl groups is 1. The van der Waals surface area contributed by atoms with Crippen molar-refractivity contribution in [1.29, 1.82) is 0 Å². The minimum atomic E-state index is -3.36. The Hall–Kier alpha value is -0.920. The highest BCUT2D eigenvalue weighted by Crippen LogP contribution is 1.92. The van der Waals surface area contributed by atoms with Crippen molar-refractivity contribution in [3.8, 4) is 0 Å². The number of aromatic amines is 1. The van der Waals surface area contributed by atoms with Gasteiger partial charge in [-0.25, -0.2) is 18.1 Å². The lowest BCUT2D eigenvalue weighted by molar-refractivity contribution is 0.319. The first kappa shape index (κ1) is 10.2. The van der Waals surface area contributed by atoms with Gasteiger partial charge >= 0.3 is 0 Å². The summed E-state index contributed by atoms with van der Waals surface area (Å²) in [6, 6.07) is 0. The molecule has 0 saturated carbocycles. The van der Waals surface area contributed by atoms with E-state index in [1.54, 1.807) is 0 Å². The molecule has 0 spiro atoms. The molecule has 0 fully saturated rings. The van der Waals surface area contributed by atoms with E-state index in [4.69, 9.17) is 5.11 Å². The molecule has 6 nitrogen and oxygen atoms in total. The molecule has 7 heteroatoms. The van der Waals surface area contributed by atoms with Gasteiger partial charge in [-0.2, -0.15) is 0 Å². The first-order valence-corrected chi connectivity index (χ1v) is 5.35. The molecule has 0 bridgehead atoms. The van der Waals surface area contributed by atoms with Crippen LogP contribution in [-0.4, -0.2) is 35.9 Å². The summed E-state index contributed by atoms with van der Waals surface area (Å²) in [7, 11) is -3.36. The van der Waals surface area contributed by atoms with Crippen molar-refractivity contribution in [2.75, 3.05) is 12.4 Å². The Morgan fingerprint density at radius 3 is 2.92 bits per heavy atom. The molecule has 0 amide bonds. The second-order valence-electron chi connectivity index (χ2n) is 2.44. The third-order valence-electron chi connectivity index (χ3n) is 1.40. The van der Waals surface area contributed by atoms with E-state index in [9.17, 15) is 8.42 Å². The van der Waals surface area contributed by atoms with Crippen molar-refractivity contribution in [3.63, 3.8) is 0 Å². The van der Waals surface area contributed by atoms with E-state index in [1.165, 1.54) is 12.5 Å². The smallest absolute Gasteiger partial charge is 0.214 e. The number of nitrogens with zero attached hydrogens (tertiary/aromatic N) is 1. The maximum absolute atomic E-state index is 11.0. The summed E-state index contributed by atoms with van der Waals surface area (Å²) in [5, 5.41) is 8.42. The van der Waals surface area contributed by atoms with Gasteiger partial charge in [0.2, 0.25) is 10.0 Å². The van der Waals surface area contributed by atoms with E-state index in [-0.39, 0.29) is 18.9 Å². The van der Waals surface area contributed by atoms with E-state index in [0.717, 1.165) is 0 Å². The molecule has 0 aromatic carbocycles. The number of hydrogen-bond acceptors (Lipinski definition) is 4. The van der Waals surface area contributed by atoms with E-state index >= 15 is 0 Å². The highest BCUT2D eigenvalue weighted by molar-refractivity contribution is 7.89. The summed E-state index contributed by atoms with van der Waals surface area (Å²) in [6.45, 7) is -0.208. The first-order chi connectivity index (χ1) is 6.14. The molecule has 0 atom stereocenters. The molecule has 1 heterocycles. The Balaban J connectivity index is 2.43. The predicted molar refractivity (Wildman–Crippen MR) is 46.3 cm³/mol. The molecule has 1 aromatic rings. The minimum Gasteiger partial charge on any atom is -0.395 e. The lowest BCUT2D eigenvalue weighted by Gasteiger charge is -2.02. The fourth-order valence-corrected chi connectivity index (χ4v) is 1.52. The molecule has 0 aliphatic rings. The van der Waals surface area contributed by atoms with E-state index in [1.807, 2.05) is 0 Å². The van der Waals surface area contributed by atoms with Crippen LogP contribution in [0.1, 0.15) is 5.69 Å². The zero-order chi connectivity index (χ0) is 9.73. The van der Waals surface area contributed by atoms with Gasteiger partial charge < -0.3 is 10.1 Å². The Bertz CT molecular complexity index is 332. The molecule has 1 aromatic heterocycles. The first-order valence-electron chi connectivity index (χ1n) is 3.69. The predicted octanol–water partition coefficient (Wildman–Crippen LogP) is -1.18. The largest absolute Gasteiger partial charge is 0.395 e. The summed E-state index contributed by atoms with van der Waals surface area (Å²) in [5.41, 5.74) is 0.682. The summed E-state index contributed by atoms with van der Waals surface area (Å²) in [4.78, 5) is 6.48. The van der Waals surface area contributed by atoms with Crippen LogP contribution >= 0.6 is 0 Å². The molecule has 1 rings (SSSR count). The van der Waals surface area contributed by atoms with E-state index in [2.05, 4.69) is 14.7 Å². The number of sulfonamides is 1. The molecule has 0 aliphatic carbocycles. The van der Waals surface area contributed by atoms with Gasteiger partial charge in [-0.15, -0.1) is 0 Å². The fourth-order valence-electron chi connectivity index (χ4n) is 0.761. The Morgan fingerprint density at radius 2 is 2.38 bits per heavy atom. The molecule has 3 N–H and O–H groups in total. The van der Waals surface area contributed by atoms with Gasteiger partial charge in [0.25, 0.3) is 0 Å². The van der Waals surface area contributed by atoms with Crippen LogP contribution in [-0.2, 0) is 16.6 Å². The maximum atomic E-state index is 11.0. The second-order valence-corrected chi connectivity index (χ2v) is 4.37. The lowest BCUT2D eigenvalue weighted by atomic mass is 10.5. The number of aromatic nitrogens is 2. The molecule has 0 radical (unpaired) electrons. The van der Waals surface area contributed by atoms with Crippen LogP contribution < -0.4 is 4.72 Å². The van der Waals surface area contributed by atoms with E-state index in [0.29, 0.717) is 5.69 Å². The van der Waals surface area contributed by atoms with Crippen molar-refractivity contribution in [2.45, 2.75) is 6.54 Å².